The summed E-state index contributed by atoms with van der Waals surface area (Å²) in [5.41, 5.74) is 1.39. The number of benzene rings is 2. The summed E-state index contributed by atoms with van der Waals surface area (Å²) in [5, 5.41) is 0. The van der Waals surface area contributed by atoms with E-state index in [1.165, 1.54) is 7.11 Å². The average molecular weight is 356 g/mol. The first-order valence-electron chi connectivity index (χ1n) is 8.63. The molecule has 2 aliphatic rings. The number of hydrogen-bond acceptors (Lipinski definition) is 6. The van der Waals surface area contributed by atoms with Gasteiger partial charge in [0.05, 0.1) is 12.7 Å². The fourth-order valence-electron chi connectivity index (χ4n) is 3.32. The van der Waals surface area contributed by atoms with Gasteiger partial charge in [-0.15, -0.1) is 0 Å². The minimum Gasteiger partial charge on any atom is -0.496 e. The molecule has 2 aromatic rings. The van der Waals surface area contributed by atoms with E-state index in [4.69, 9.17) is 23.7 Å². The lowest BCUT2D eigenvalue weighted by Crippen LogP contribution is -2.33. The smallest absolute Gasteiger partial charge is 0.231 e. The molecule has 6 nitrogen and oxygen atoms in total. The Balaban J connectivity index is 1.72. The zero-order chi connectivity index (χ0) is 18.1. The van der Waals surface area contributed by atoms with Gasteiger partial charge in [0.1, 0.15) is 11.9 Å². The van der Waals surface area contributed by atoms with Gasteiger partial charge in [-0.1, -0.05) is 19.4 Å². The Bertz CT molecular complexity index is 831. The molecule has 0 bridgehead atoms. The molecule has 0 spiro atoms. The molecule has 136 valence electrons. The Labute approximate surface area is 151 Å². The Morgan fingerprint density at radius 1 is 1.08 bits per heavy atom. The number of carbonyl (C=O) groups excluding carboxylic acids is 1. The topological polar surface area (TPSA) is 63.2 Å². The molecule has 2 heterocycles. The summed E-state index contributed by atoms with van der Waals surface area (Å²) in [7, 11) is 1.52. The van der Waals surface area contributed by atoms with Gasteiger partial charge in [-0.2, -0.15) is 0 Å². The van der Waals surface area contributed by atoms with Crippen LogP contribution in [0.2, 0.25) is 0 Å². The number of fused-ring (bicyclic) bond motifs is 2. The number of aldehydes is 1. The quantitative estimate of drug-likeness (QED) is 0.757. The molecule has 2 atom stereocenters. The number of carbonyl (C=O) groups is 1. The highest BCUT2D eigenvalue weighted by molar-refractivity contribution is 5.81. The van der Waals surface area contributed by atoms with Gasteiger partial charge >= 0.3 is 0 Å². The molecule has 4 rings (SSSR count). The van der Waals surface area contributed by atoms with Gasteiger partial charge in [0.2, 0.25) is 6.79 Å². The molecular weight excluding hydrogens is 336 g/mol. The maximum absolute atomic E-state index is 11.3. The van der Waals surface area contributed by atoms with Gasteiger partial charge in [-0.05, 0) is 24.6 Å². The van der Waals surface area contributed by atoms with Crippen molar-refractivity contribution in [2.45, 2.75) is 32.0 Å². The van der Waals surface area contributed by atoms with Crippen LogP contribution in [0, 0.1) is 0 Å². The van der Waals surface area contributed by atoms with E-state index in [2.05, 4.69) is 6.92 Å². The van der Waals surface area contributed by atoms with Crippen molar-refractivity contribution < 1.29 is 28.5 Å². The zero-order valence-corrected chi connectivity index (χ0v) is 14.7. The van der Waals surface area contributed by atoms with Crippen molar-refractivity contribution in [3.05, 3.63) is 41.5 Å². The summed E-state index contributed by atoms with van der Waals surface area (Å²) in [6, 6.07) is 9.14. The van der Waals surface area contributed by atoms with Crippen molar-refractivity contribution in [1.29, 1.82) is 0 Å². The fourth-order valence-corrected chi connectivity index (χ4v) is 3.32. The highest BCUT2D eigenvalue weighted by Gasteiger charge is 2.34. The van der Waals surface area contributed by atoms with Crippen molar-refractivity contribution in [3.8, 4) is 28.7 Å². The third kappa shape index (κ3) is 2.81. The highest BCUT2D eigenvalue weighted by Crippen LogP contribution is 2.45. The van der Waals surface area contributed by atoms with Crippen LogP contribution in [0.15, 0.2) is 30.3 Å². The Kier molecular flexibility index (Phi) is 4.32. The maximum atomic E-state index is 11.3. The van der Waals surface area contributed by atoms with E-state index < -0.39 is 0 Å². The van der Waals surface area contributed by atoms with Crippen LogP contribution in [-0.2, 0) is 0 Å². The third-order valence-electron chi connectivity index (χ3n) is 4.59. The summed E-state index contributed by atoms with van der Waals surface area (Å²) < 4.78 is 28.6. The highest BCUT2D eigenvalue weighted by atomic mass is 16.7. The minimum absolute atomic E-state index is 0.166. The largest absolute Gasteiger partial charge is 0.496 e. The molecule has 2 aliphatic heterocycles. The lowest BCUT2D eigenvalue weighted by atomic mass is 9.98. The van der Waals surface area contributed by atoms with Gasteiger partial charge in [0.25, 0.3) is 0 Å². The monoisotopic (exact) mass is 356 g/mol. The Morgan fingerprint density at radius 2 is 1.88 bits per heavy atom. The van der Waals surface area contributed by atoms with Crippen molar-refractivity contribution in [1.82, 2.24) is 0 Å². The molecule has 0 aliphatic carbocycles. The molecule has 6 heteroatoms. The number of hydrogen-bond donors (Lipinski definition) is 0. The number of ether oxygens (including phenoxy) is 5. The first-order chi connectivity index (χ1) is 12.7. The summed E-state index contributed by atoms with van der Waals surface area (Å²) in [6.07, 6.45) is 2.06. The van der Waals surface area contributed by atoms with Crippen molar-refractivity contribution >= 4 is 6.29 Å². The second kappa shape index (κ2) is 6.78. The summed E-state index contributed by atoms with van der Waals surface area (Å²) in [5.74, 6) is 3.02. The van der Waals surface area contributed by atoms with E-state index in [0.29, 0.717) is 28.6 Å². The molecule has 0 radical (unpaired) electrons. The van der Waals surface area contributed by atoms with E-state index in [0.717, 1.165) is 30.4 Å². The molecule has 0 N–H and O–H groups in total. The molecule has 0 unspecified atom stereocenters. The Morgan fingerprint density at radius 3 is 2.65 bits per heavy atom. The van der Waals surface area contributed by atoms with Gasteiger partial charge in [0.15, 0.2) is 35.4 Å². The van der Waals surface area contributed by atoms with Crippen LogP contribution in [0.1, 0.15) is 41.8 Å². The predicted molar refractivity (Wildman–Crippen MR) is 93.6 cm³/mol. The summed E-state index contributed by atoms with van der Waals surface area (Å²) in [4.78, 5) is 11.3. The van der Waals surface area contributed by atoms with Crippen LogP contribution in [-0.4, -0.2) is 26.3 Å². The average Bonchev–Trinajstić information content (AvgIpc) is 3.14. The first-order valence-corrected chi connectivity index (χ1v) is 8.63. The fraction of sp³-hybridized carbons (Fsp3) is 0.350. The molecule has 2 aromatic carbocycles. The lowest BCUT2D eigenvalue weighted by molar-refractivity contribution is 0.0141. The van der Waals surface area contributed by atoms with E-state index in [1.807, 2.05) is 18.2 Å². The predicted octanol–water partition coefficient (Wildman–Crippen LogP) is 3.92. The first kappa shape index (κ1) is 16.6. The van der Waals surface area contributed by atoms with Gasteiger partial charge in [-0.25, -0.2) is 0 Å². The van der Waals surface area contributed by atoms with E-state index in [-0.39, 0.29) is 19.0 Å². The molecule has 0 amide bonds. The number of methoxy groups -OCH3 is 1. The van der Waals surface area contributed by atoms with Crippen molar-refractivity contribution in [2.75, 3.05) is 13.9 Å². The summed E-state index contributed by atoms with van der Waals surface area (Å²) in [6.45, 7) is 2.33. The molecule has 0 aromatic heterocycles. The SMILES string of the molecule is CCC[C@@H]1Oc2cc(C=O)c(OC)cc2O[C@H]1c1ccc2c(c1)OCO2. The maximum Gasteiger partial charge on any atom is 0.231 e. The van der Waals surface area contributed by atoms with Crippen LogP contribution in [0.4, 0.5) is 0 Å². The standard InChI is InChI=1S/C20H20O6/c1-3-4-15-20(12-5-6-14-17(7-12)24-11-23-14)26-19-9-16(22-2)13(10-21)8-18(19)25-15/h5-10,15,20H,3-4,11H2,1-2H3/t15-,20-/m0/s1. The van der Waals surface area contributed by atoms with Crippen molar-refractivity contribution in [2.24, 2.45) is 0 Å². The molecule has 0 saturated carbocycles. The Hall–Kier alpha value is -2.89. The van der Waals surface area contributed by atoms with Gasteiger partial charge < -0.3 is 23.7 Å². The van der Waals surface area contributed by atoms with Crippen molar-refractivity contribution in [3.63, 3.8) is 0 Å². The molecule has 0 fully saturated rings. The third-order valence-corrected chi connectivity index (χ3v) is 4.59. The molecule has 26 heavy (non-hydrogen) atoms. The van der Waals surface area contributed by atoms with Crippen LogP contribution >= 0.6 is 0 Å². The van der Waals surface area contributed by atoms with Crippen LogP contribution in [0.3, 0.4) is 0 Å². The second-order valence-corrected chi connectivity index (χ2v) is 6.25. The van der Waals surface area contributed by atoms with Crippen LogP contribution < -0.4 is 23.7 Å². The van der Waals surface area contributed by atoms with E-state index in [1.54, 1.807) is 12.1 Å². The summed E-state index contributed by atoms with van der Waals surface area (Å²) >= 11 is 0. The van der Waals surface area contributed by atoms with E-state index >= 15 is 0 Å². The zero-order valence-electron chi connectivity index (χ0n) is 14.7. The van der Waals surface area contributed by atoms with Crippen LogP contribution in [0.5, 0.6) is 28.7 Å². The molecular formula is C20H20O6. The second-order valence-electron chi connectivity index (χ2n) is 6.25. The van der Waals surface area contributed by atoms with Gasteiger partial charge in [-0.3, -0.25) is 4.79 Å². The van der Waals surface area contributed by atoms with E-state index in [9.17, 15) is 4.79 Å². The normalized spacial score (nSPS) is 19.9. The lowest BCUT2D eigenvalue weighted by Gasteiger charge is -2.34. The van der Waals surface area contributed by atoms with Crippen LogP contribution in [0.25, 0.3) is 0 Å². The minimum atomic E-state index is -0.288. The van der Waals surface area contributed by atoms with Gasteiger partial charge in [0, 0.05) is 11.6 Å². The molecule has 0 saturated heterocycles. The number of rotatable bonds is 5.